The Labute approximate surface area is 118 Å². The first-order chi connectivity index (χ1) is 9.07. The monoisotopic (exact) mass is 324 g/mol. The lowest BCUT2D eigenvalue weighted by atomic mass is 9.81. The third-order valence-corrected chi connectivity index (χ3v) is 3.29. The number of halogens is 6. The minimum absolute atomic E-state index is 0.235. The second kappa shape index (κ2) is 6.02. The molecule has 3 nitrogen and oxygen atoms in total. The summed E-state index contributed by atoms with van der Waals surface area (Å²) in [5.41, 5.74) is -7.03. The van der Waals surface area contributed by atoms with E-state index in [-0.39, 0.29) is 6.42 Å². The topological polar surface area (TPSA) is 46.5 Å². The standard InChI is InChI=1S/C12H18F6O3/c1-5-7(2)8(19)21-9(3,4)10(20,12(16,17)18)6-11(13,14)15/h7,20H,5-6H2,1-4H3. The highest BCUT2D eigenvalue weighted by Crippen LogP contribution is 2.47. The predicted molar refractivity (Wildman–Crippen MR) is 61.3 cm³/mol. The molecule has 1 N–H and O–H groups in total. The first kappa shape index (κ1) is 20.0. The number of ether oxygens (including phenoxy) is 1. The lowest BCUT2D eigenvalue weighted by Crippen LogP contribution is -2.63. The van der Waals surface area contributed by atoms with Gasteiger partial charge in [-0.2, -0.15) is 26.3 Å². The van der Waals surface area contributed by atoms with Crippen molar-refractivity contribution in [2.45, 2.75) is 64.1 Å². The van der Waals surface area contributed by atoms with E-state index in [1.54, 1.807) is 6.92 Å². The fraction of sp³-hybridized carbons (Fsp3) is 0.917. The molecule has 0 rings (SSSR count). The highest BCUT2D eigenvalue weighted by Gasteiger charge is 2.68. The second-order valence-corrected chi connectivity index (χ2v) is 5.39. The number of hydrogen-bond acceptors (Lipinski definition) is 3. The molecule has 0 bridgehead atoms. The largest absolute Gasteiger partial charge is 0.456 e. The van der Waals surface area contributed by atoms with E-state index in [2.05, 4.69) is 4.74 Å². The van der Waals surface area contributed by atoms with E-state index in [0.29, 0.717) is 13.8 Å². The van der Waals surface area contributed by atoms with Gasteiger partial charge in [0.2, 0.25) is 5.60 Å². The first-order valence-corrected chi connectivity index (χ1v) is 6.16. The summed E-state index contributed by atoms with van der Waals surface area (Å²) in [6.45, 7) is 4.12. The zero-order valence-electron chi connectivity index (χ0n) is 12.0. The van der Waals surface area contributed by atoms with Gasteiger partial charge in [-0.3, -0.25) is 4.79 Å². The second-order valence-electron chi connectivity index (χ2n) is 5.39. The van der Waals surface area contributed by atoms with E-state index in [0.717, 1.165) is 0 Å². The Morgan fingerprint density at radius 2 is 1.57 bits per heavy atom. The van der Waals surface area contributed by atoms with Crippen LogP contribution >= 0.6 is 0 Å². The molecule has 0 aromatic heterocycles. The lowest BCUT2D eigenvalue weighted by molar-refractivity contribution is -0.340. The van der Waals surface area contributed by atoms with Gasteiger partial charge in [0.05, 0.1) is 12.3 Å². The zero-order valence-corrected chi connectivity index (χ0v) is 12.0. The van der Waals surface area contributed by atoms with Gasteiger partial charge in [-0.25, -0.2) is 0 Å². The summed E-state index contributed by atoms with van der Waals surface area (Å²) < 4.78 is 80.4. The number of hydrogen-bond donors (Lipinski definition) is 1. The Balaban J connectivity index is 5.56. The smallest absolute Gasteiger partial charge is 0.421 e. The zero-order chi connectivity index (χ0) is 17.3. The number of rotatable bonds is 5. The highest BCUT2D eigenvalue weighted by atomic mass is 19.4. The van der Waals surface area contributed by atoms with Gasteiger partial charge in [-0.05, 0) is 20.3 Å². The molecule has 0 saturated carbocycles. The van der Waals surface area contributed by atoms with Crippen LogP contribution in [-0.4, -0.2) is 34.6 Å². The quantitative estimate of drug-likeness (QED) is 0.621. The summed E-state index contributed by atoms with van der Waals surface area (Å²) >= 11 is 0. The minimum Gasteiger partial charge on any atom is -0.456 e. The van der Waals surface area contributed by atoms with Gasteiger partial charge >= 0.3 is 18.3 Å². The van der Waals surface area contributed by atoms with Crippen LogP contribution in [0, 0.1) is 5.92 Å². The average Bonchev–Trinajstić information content (AvgIpc) is 2.23. The summed E-state index contributed by atoms with van der Waals surface area (Å²) in [5.74, 6) is -1.90. The molecule has 126 valence electrons. The fourth-order valence-electron chi connectivity index (χ4n) is 1.55. The Morgan fingerprint density at radius 1 is 1.14 bits per heavy atom. The number of aliphatic hydroxyl groups is 1. The molecule has 2 unspecified atom stereocenters. The maximum Gasteiger partial charge on any atom is 0.421 e. The van der Waals surface area contributed by atoms with Gasteiger partial charge in [0, 0.05) is 0 Å². The summed E-state index contributed by atoms with van der Waals surface area (Å²) in [4.78, 5) is 11.5. The Morgan fingerprint density at radius 3 is 1.86 bits per heavy atom. The van der Waals surface area contributed by atoms with Crippen molar-refractivity contribution in [3.05, 3.63) is 0 Å². The third-order valence-electron chi connectivity index (χ3n) is 3.29. The van der Waals surface area contributed by atoms with Crippen LogP contribution in [0.15, 0.2) is 0 Å². The van der Waals surface area contributed by atoms with Crippen LogP contribution in [0.5, 0.6) is 0 Å². The van der Waals surface area contributed by atoms with Crippen molar-refractivity contribution in [3.8, 4) is 0 Å². The Hall–Kier alpha value is -0.990. The van der Waals surface area contributed by atoms with Gasteiger partial charge in [-0.15, -0.1) is 0 Å². The molecule has 0 aliphatic carbocycles. The van der Waals surface area contributed by atoms with Crippen molar-refractivity contribution >= 4 is 5.97 Å². The molecule has 21 heavy (non-hydrogen) atoms. The third kappa shape index (κ3) is 4.76. The van der Waals surface area contributed by atoms with Crippen LogP contribution in [-0.2, 0) is 9.53 Å². The maximum atomic E-state index is 12.9. The van der Waals surface area contributed by atoms with Crippen LogP contribution in [0.1, 0.15) is 40.5 Å². The predicted octanol–water partition coefficient (Wildman–Crippen LogP) is 3.60. The van der Waals surface area contributed by atoms with E-state index in [4.69, 9.17) is 0 Å². The first-order valence-electron chi connectivity index (χ1n) is 6.16. The number of esters is 1. The fourth-order valence-corrected chi connectivity index (χ4v) is 1.55. The van der Waals surface area contributed by atoms with Crippen LogP contribution in [0.4, 0.5) is 26.3 Å². The van der Waals surface area contributed by atoms with Crippen molar-refractivity contribution < 1.29 is 41.0 Å². The highest BCUT2D eigenvalue weighted by molar-refractivity contribution is 5.72. The van der Waals surface area contributed by atoms with Crippen LogP contribution < -0.4 is 0 Å². The van der Waals surface area contributed by atoms with Gasteiger partial charge in [0.15, 0.2) is 0 Å². The number of carbonyl (C=O) groups excluding carboxylic acids is 1. The molecule has 0 aromatic carbocycles. The molecule has 0 aliphatic rings. The van der Waals surface area contributed by atoms with Gasteiger partial charge in [0.1, 0.15) is 5.60 Å². The summed E-state index contributed by atoms with van der Waals surface area (Å²) in [6.07, 6.45) is -13.2. The lowest BCUT2D eigenvalue weighted by Gasteiger charge is -2.43. The number of alkyl halides is 6. The van der Waals surface area contributed by atoms with Crippen LogP contribution in [0.3, 0.4) is 0 Å². The van der Waals surface area contributed by atoms with Crippen molar-refractivity contribution in [2.24, 2.45) is 5.92 Å². The van der Waals surface area contributed by atoms with Gasteiger partial charge in [-0.1, -0.05) is 13.8 Å². The van der Waals surface area contributed by atoms with Crippen molar-refractivity contribution in [1.29, 1.82) is 0 Å². The Kier molecular flexibility index (Phi) is 5.73. The van der Waals surface area contributed by atoms with Gasteiger partial charge in [0.25, 0.3) is 0 Å². The van der Waals surface area contributed by atoms with Crippen molar-refractivity contribution in [1.82, 2.24) is 0 Å². The molecule has 0 saturated heterocycles. The molecule has 2 atom stereocenters. The molecule has 0 fully saturated rings. The van der Waals surface area contributed by atoms with Gasteiger partial charge < -0.3 is 9.84 Å². The Bertz CT molecular complexity index is 374. The van der Waals surface area contributed by atoms with E-state index in [1.807, 2.05) is 0 Å². The molecule has 0 aromatic rings. The summed E-state index contributed by atoms with van der Waals surface area (Å²) in [6, 6.07) is 0. The SMILES string of the molecule is CCC(C)C(=O)OC(C)(C)C(O)(CC(F)(F)F)C(F)(F)F. The van der Waals surface area contributed by atoms with E-state index in [1.165, 1.54) is 6.92 Å². The van der Waals surface area contributed by atoms with E-state index < -0.39 is 41.9 Å². The van der Waals surface area contributed by atoms with E-state index in [9.17, 15) is 36.2 Å². The maximum absolute atomic E-state index is 12.9. The van der Waals surface area contributed by atoms with Crippen LogP contribution in [0.2, 0.25) is 0 Å². The molecule has 0 radical (unpaired) electrons. The normalized spacial score (nSPS) is 18.0. The van der Waals surface area contributed by atoms with Crippen LogP contribution in [0.25, 0.3) is 0 Å². The van der Waals surface area contributed by atoms with E-state index >= 15 is 0 Å². The minimum atomic E-state index is -5.62. The molecular formula is C12H18F6O3. The molecule has 9 heteroatoms. The molecule has 0 heterocycles. The summed E-state index contributed by atoms with van der Waals surface area (Å²) in [7, 11) is 0. The molecule has 0 aliphatic heterocycles. The number of carbonyl (C=O) groups is 1. The summed E-state index contributed by atoms with van der Waals surface area (Å²) in [5, 5.41) is 9.59. The molecule has 0 spiro atoms. The molecule has 0 amide bonds. The van der Waals surface area contributed by atoms with Crippen molar-refractivity contribution in [2.75, 3.05) is 0 Å². The molecular weight excluding hydrogens is 306 g/mol. The average molecular weight is 324 g/mol. The van der Waals surface area contributed by atoms with Crippen molar-refractivity contribution in [3.63, 3.8) is 0 Å².